The first kappa shape index (κ1) is 21.4. The topological polar surface area (TPSA) is 37.3 Å². The summed E-state index contributed by atoms with van der Waals surface area (Å²) in [5, 5.41) is 8.39. The smallest absolute Gasteiger partial charge is 0.481 e. The van der Waals surface area contributed by atoms with E-state index >= 15 is 0 Å². The number of rotatable bonds is 9. The van der Waals surface area contributed by atoms with Crippen LogP contribution in [0, 0.1) is 6.92 Å². The van der Waals surface area contributed by atoms with Crippen LogP contribution < -0.4 is 18.9 Å². The summed E-state index contributed by atoms with van der Waals surface area (Å²) in [7, 11) is 0. The van der Waals surface area contributed by atoms with E-state index in [0.29, 0.717) is 6.42 Å². The molecule has 0 aromatic carbocycles. The van der Waals surface area contributed by atoms with Crippen LogP contribution >= 0.6 is 0 Å². The van der Waals surface area contributed by atoms with Crippen LogP contribution in [0.2, 0.25) is 0 Å². The molecule has 0 rings (SSSR count). The van der Waals surface area contributed by atoms with Gasteiger partial charge in [-0.15, -0.1) is 0 Å². The molecule has 0 bridgehead atoms. The van der Waals surface area contributed by atoms with Crippen LogP contribution in [0.5, 0.6) is 0 Å². The van der Waals surface area contributed by atoms with Crippen molar-refractivity contribution in [3.05, 3.63) is 6.92 Å². The number of aliphatic carboxylic acids is 1. The molecule has 1 N–H and O–H groups in total. The summed E-state index contributed by atoms with van der Waals surface area (Å²) in [5.74, 6) is -0.661. The molecule has 92 valence electrons. The van der Waals surface area contributed by atoms with E-state index in [1.165, 1.54) is 38.5 Å². The molecule has 0 aliphatic carbocycles. The van der Waals surface area contributed by atoms with Gasteiger partial charge in [0.2, 0.25) is 0 Å². The van der Waals surface area contributed by atoms with Crippen LogP contribution in [0.4, 0.5) is 0 Å². The van der Waals surface area contributed by atoms with Crippen molar-refractivity contribution in [2.24, 2.45) is 0 Å². The first-order valence-corrected chi connectivity index (χ1v) is 6.20. The average Bonchev–Trinajstić information content (AvgIpc) is 2.24. The van der Waals surface area contributed by atoms with Gasteiger partial charge in [-0.3, -0.25) is 4.79 Å². The van der Waals surface area contributed by atoms with Crippen LogP contribution in [0.1, 0.15) is 71.6 Å². The maximum atomic E-state index is 10.2. The first-order chi connectivity index (χ1) is 7.27. The maximum absolute atomic E-state index is 10.2. The van der Waals surface area contributed by atoms with Gasteiger partial charge >= 0.3 is 24.8 Å². The Morgan fingerprint density at radius 1 is 0.938 bits per heavy atom. The molecule has 16 heavy (non-hydrogen) atoms. The zero-order chi connectivity index (χ0) is 11.9. The number of carboxylic acids is 1. The minimum absolute atomic E-state index is 0. The second-order valence-corrected chi connectivity index (χ2v) is 3.62. The van der Waals surface area contributed by atoms with Crippen molar-refractivity contribution >= 4 is 5.97 Å². The molecule has 0 spiro atoms. The predicted octanol–water partition coefficient (Wildman–Crippen LogP) is 1.45. The molecular formula is C13H27LiO2. The summed E-state index contributed by atoms with van der Waals surface area (Å²) < 4.78 is 0. The van der Waals surface area contributed by atoms with Gasteiger partial charge in [-0.25, -0.2) is 0 Å². The van der Waals surface area contributed by atoms with E-state index in [0.717, 1.165) is 12.8 Å². The molecule has 0 fully saturated rings. The summed E-state index contributed by atoms with van der Waals surface area (Å²) >= 11 is 0. The molecule has 3 heteroatoms. The standard InChI is InChI=1S/C11H22O2.C2H5.Li/c1-2-3-4-5-6-7-8-9-10-11(12)13;1-2;/h2-10H2,1H3,(H,12,13);1H2,2H3;/q;-1;+1. The first-order valence-electron chi connectivity index (χ1n) is 6.20. The molecule has 0 aliphatic rings. The Labute approximate surface area is 113 Å². The van der Waals surface area contributed by atoms with Gasteiger partial charge in [-0.1, -0.05) is 51.9 Å². The van der Waals surface area contributed by atoms with Crippen molar-refractivity contribution in [2.75, 3.05) is 0 Å². The van der Waals surface area contributed by atoms with E-state index in [4.69, 9.17) is 5.11 Å². The van der Waals surface area contributed by atoms with Crippen molar-refractivity contribution in [3.63, 3.8) is 0 Å². The molecule has 0 radical (unpaired) electrons. The van der Waals surface area contributed by atoms with Gasteiger partial charge in [0.1, 0.15) is 0 Å². The van der Waals surface area contributed by atoms with E-state index < -0.39 is 5.97 Å². The largest absolute Gasteiger partial charge is 1.00 e. The van der Waals surface area contributed by atoms with Gasteiger partial charge < -0.3 is 12.0 Å². The van der Waals surface area contributed by atoms with Crippen molar-refractivity contribution in [1.29, 1.82) is 0 Å². The van der Waals surface area contributed by atoms with Gasteiger partial charge in [0.05, 0.1) is 0 Å². The third kappa shape index (κ3) is 23.7. The zero-order valence-electron chi connectivity index (χ0n) is 11.4. The molecule has 2 nitrogen and oxygen atoms in total. The Bertz CT molecular complexity index is 127. The second-order valence-electron chi connectivity index (χ2n) is 3.62. The molecule has 0 atom stereocenters. The third-order valence-corrected chi connectivity index (χ3v) is 2.24. The van der Waals surface area contributed by atoms with E-state index in [-0.39, 0.29) is 18.9 Å². The van der Waals surface area contributed by atoms with E-state index in [1.807, 2.05) is 0 Å². The van der Waals surface area contributed by atoms with Crippen LogP contribution in [-0.4, -0.2) is 11.1 Å². The number of carboxylic acid groups (broad SMARTS) is 1. The Balaban J connectivity index is -0.000000529. The number of hydrogen-bond acceptors (Lipinski definition) is 1. The summed E-state index contributed by atoms with van der Waals surface area (Å²) in [6.45, 7) is 7.22. The van der Waals surface area contributed by atoms with Crippen LogP contribution in [0.3, 0.4) is 0 Å². The Hall–Kier alpha value is 0.0674. The summed E-state index contributed by atoms with van der Waals surface area (Å²) in [4.78, 5) is 10.2. The minimum Gasteiger partial charge on any atom is -0.481 e. The molecule has 0 heterocycles. The summed E-state index contributed by atoms with van der Waals surface area (Å²) in [5.41, 5.74) is 0. The van der Waals surface area contributed by atoms with Crippen LogP contribution in [-0.2, 0) is 4.79 Å². The fourth-order valence-electron chi connectivity index (χ4n) is 1.41. The van der Waals surface area contributed by atoms with E-state index in [9.17, 15) is 4.79 Å². The molecule has 0 amide bonds. The molecule has 0 saturated heterocycles. The number of unbranched alkanes of at least 4 members (excludes halogenated alkanes) is 7. The molecule has 0 saturated carbocycles. The molecule has 0 aliphatic heterocycles. The van der Waals surface area contributed by atoms with Gasteiger partial charge in [-0.2, -0.15) is 6.92 Å². The van der Waals surface area contributed by atoms with Crippen molar-refractivity contribution < 1.29 is 28.8 Å². The Kier molecular flexibility index (Phi) is 27.3. The zero-order valence-corrected chi connectivity index (χ0v) is 11.4. The SMILES string of the molecule is CCCCCCCCCCC(=O)O.[CH2-]C.[Li+]. The second kappa shape index (κ2) is 20.5. The van der Waals surface area contributed by atoms with Gasteiger partial charge in [0, 0.05) is 6.42 Å². The van der Waals surface area contributed by atoms with Gasteiger partial charge in [0.25, 0.3) is 0 Å². The average molecular weight is 222 g/mol. The fraction of sp³-hybridized carbons (Fsp3) is 0.846. The van der Waals surface area contributed by atoms with Crippen molar-refractivity contribution in [2.45, 2.75) is 71.6 Å². The maximum Gasteiger partial charge on any atom is 1.00 e. The van der Waals surface area contributed by atoms with Crippen LogP contribution in [0.15, 0.2) is 0 Å². The number of hydrogen-bond donors (Lipinski definition) is 1. The normalized spacial score (nSPS) is 8.69. The third-order valence-electron chi connectivity index (χ3n) is 2.24. The van der Waals surface area contributed by atoms with Gasteiger partial charge in [-0.05, 0) is 6.42 Å². The number of carbonyl (C=O) groups is 1. The molecule has 0 aromatic rings. The fourth-order valence-corrected chi connectivity index (χ4v) is 1.41. The molecule has 0 unspecified atom stereocenters. The predicted molar refractivity (Wildman–Crippen MR) is 65.9 cm³/mol. The van der Waals surface area contributed by atoms with Crippen molar-refractivity contribution in [3.8, 4) is 0 Å². The Morgan fingerprint density at radius 3 is 1.69 bits per heavy atom. The summed E-state index contributed by atoms with van der Waals surface area (Å²) in [6.07, 6.45) is 10.1. The van der Waals surface area contributed by atoms with E-state index in [1.54, 1.807) is 6.92 Å². The quantitative estimate of drug-likeness (QED) is 0.364. The Morgan fingerprint density at radius 2 is 1.31 bits per heavy atom. The molecule has 0 aromatic heterocycles. The molecular weight excluding hydrogens is 195 g/mol. The van der Waals surface area contributed by atoms with Gasteiger partial charge in [0.15, 0.2) is 0 Å². The van der Waals surface area contributed by atoms with E-state index in [2.05, 4.69) is 13.8 Å². The summed E-state index contributed by atoms with van der Waals surface area (Å²) in [6, 6.07) is 0. The van der Waals surface area contributed by atoms with Crippen LogP contribution in [0.25, 0.3) is 0 Å². The monoisotopic (exact) mass is 222 g/mol. The minimum atomic E-state index is -0.661. The van der Waals surface area contributed by atoms with Crippen molar-refractivity contribution in [1.82, 2.24) is 0 Å².